The van der Waals surface area contributed by atoms with E-state index < -0.39 is 0 Å². The number of hydrogen-bond donors (Lipinski definition) is 2. The summed E-state index contributed by atoms with van der Waals surface area (Å²) in [5, 5.41) is 2.63. The second kappa shape index (κ2) is 6.76. The molecule has 0 unspecified atom stereocenters. The third kappa shape index (κ3) is 3.56. The van der Waals surface area contributed by atoms with Crippen molar-refractivity contribution in [3.05, 3.63) is 29.8 Å². The number of nitrogens with zero attached hydrogens (tertiary/aromatic N) is 1. The van der Waals surface area contributed by atoms with Gasteiger partial charge in [-0.3, -0.25) is 9.59 Å². The normalized spacial score (nSPS) is 9.94. The fourth-order valence-electron chi connectivity index (χ4n) is 1.64. The van der Waals surface area contributed by atoms with Crippen molar-refractivity contribution in [3.63, 3.8) is 0 Å². The van der Waals surface area contributed by atoms with Crippen molar-refractivity contribution < 1.29 is 9.59 Å². The van der Waals surface area contributed by atoms with E-state index in [2.05, 4.69) is 5.32 Å². The smallest absolute Gasteiger partial charge is 0.253 e. The summed E-state index contributed by atoms with van der Waals surface area (Å²) in [6.07, 6.45) is 0. The number of nitrogens with one attached hydrogen (secondary N) is 1. The molecule has 0 saturated carbocycles. The molecule has 5 heteroatoms. The maximum atomic E-state index is 12.1. The SMILES string of the molecule is CCN(CC)C(=O)c1cccc(NC(=O)CN)c1. The zero-order valence-corrected chi connectivity index (χ0v) is 10.8. The van der Waals surface area contributed by atoms with Crippen LogP contribution < -0.4 is 11.1 Å². The van der Waals surface area contributed by atoms with Crippen LogP contribution in [0.25, 0.3) is 0 Å². The molecule has 0 radical (unpaired) electrons. The van der Waals surface area contributed by atoms with E-state index in [-0.39, 0.29) is 18.4 Å². The molecular weight excluding hydrogens is 230 g/mol. The van der Waals surface area contributed by atoms with E-state index in [1.165, 1.54) is 0 Å². The molecule has 1 aromatic carbocycles. The number of carbonyl (C=O) groups is 2. The lowest BCUT2D eigenvalue weighted by Crippen LogP contribution is -2.30. The van der Waals surface area contributed by atoms with Crippen LogP contribution in [-0.4, -0.2) is 36.3 Å². The maximum absolute atomic E-state index is 12.1. The predicted molar refractivity (Wildman–Crippen MR) is 71.4 cm³/mol. The molecule has 98 valence electrons. The third-order valence-corrected chi connectivity index (χ3v) is 2.63. The second-order valence-electron chi connectivity index (χ2n) is 3.81. The van der Waals surface area contributed by atoms with Gasteiger partial charge in [0.2, 0.25) is 5.91 Å². The number of benzene rings is 1. The van der Waals surface area contributed by atoms with Crippen molar-refractivity contribution in [1.82, 2.24) is 4.90 Å². The van der Waals surface area contributed by atoms with Crippen LogP contribution in [0.15, 0.2) is 24.3 Å². The van der Waals surface area contributed by atoms with E-state index in [4.69, 9.17) is 5.73 Å². The van der Waals surface area contributed by atoms with Crippen molar-refractivity contribution in [2.45, 2.75) is 13.8 Å². The van der Waals surface area contributed by atoms with Gasteiger partial charge in [-0.05, 0) is 32.0 Å². The van der Waals surface area contributed by atoms with E-state index >= 15 is 0 Å². The Balaban J connectivity index is 2.87. The molecule has 5 nitrogen and oxygen atoms in total. The zero-order valence-electron chi connectivity index (χ0n) is 10.8. The lowest BCUT2D eigenvalue weighted by molar-refractivity contribution is -0.114. The lowest BCUT2D eigenvalue weighted by Gasteiger charge is -2.18. The van der Waals surface area contributed by atoms with Crippen molar-refractivity contribution in [3.8, 4) is 0 Å². The largest absolute Gasteiger partial charge is 0.339 e. The van der Waals surface area contributed by atoms with Crippen LogP contribution in [-0.2, 0) is 4.79 Å². The topological polar surface area (TPSA) is 75.4 Å². The van der Waals surface area contributed by atoms with Gasteiger partial charge in [0.25, 0.3) is 5.91 Å². The van der Waals surface area contributed by atoms with E-state index in [9.17, 15) is 9.59 Å². The first-order chi connectivity index (χ1) is 8.62. The van der Waals surface area contributed by atoms with E-state index in [0.717, 1.165) is 0 Å². The average molecular weight is 249 g/mol. The molecule has 0 spiro atoms. The number of hydrogen-bond acceptors (Lipinski definition) is 3. The zero-order chi connectivity index (χ0) is 13.5. The van der Waals surface area contributed by atoms with Crippen LogP contribution in [0.1, 0.15) is 24.2 Å². The first-order valence-electron chi connectivity index (χ1n) is 6.01. The molecule has 0 aliphatic rings. The number of nitrogens with two attached hydrogens (primary N) is 1. The Morgan fingerprint density at radius 3 is 2.50 bits per heavy atom. The molecule has 0 bridgehead atoms. The third-order valence-electron chi connectivity index (χ3n) is 2.63. The lowest BCUT2D eigenvalue weighted by atomic mass is 10.1. The van der Waals surface area contributed by atoms with Gasteiger partial charge in [-0.15, -0.1) is 0 Å². The van der Waals surface area contributed by atoms with Crippen LogP contribution >= 0.6 is 0 Å². The van der Waals surface area contributed by atoms with Crippen molar-refractivity contribution in [1.29, 1.82) is 0 Å². The minimum absolute atomic E-state index is 0.0381. The molecule has 18 heavy (non-hydrogen) atoms. The van der Waals surface area contributed by atoms with Gasteiger partial charge in [-0.25, -0.2) is 0 Å². The fourth-order valence-corrected chi connectivity index (χ4v) is 1.64. The van der Waals surface area contributed by atoms with Crippen LogP contribution in [0.5, 0.6) is 0 Å². The van der Waals surface area contributed by atoms with Gasteiger partial charge >= 0.3 is 0 Å². The molecule has 2 amide bonds. The molecule has 1 aromatic rings. The Labute approximate surface area is 107 Å². The van der Waals surface area contributed by atoms with E-state index in [1.807, 2.05) is 13.8 Å². The van der Waals surface area contributed by atoms with E-state index in [0.29, 0.717) is 24.3 Å². The summed E-state index contributed by atoms with van der Waals surface area (Å²) >= 11 is 0. The van der Waals surface area contributed by atoms with Gasteiger partial charge in [-0.1, -0.05) is 6.07 Å². The maximum Gasteiger partial charge on any atom is 0.253 e. The number of anilines is 1. The number of rotatable bonds is 5. The summed E-state index contributed by atoms with van der Waals surface area (Å²) in [5.74, 6) is -0.314. The van der Waals surface area contributed by atoms with Crippen LogP contribution in [0.2, 0.25) is 0 Å². The summed E-state index contributed by atoms with van der Waals surface area (Å²) in [5.41, 5.74) is 6.37. The molecule has 0 saturated heterocycles. The van der Waals surface area contributed by atoms with Gasteiger partial charge in [0.15, 0.2) is 0 Å². The Hall–Kier alpha value is -1.88. The summed E-state index contributed by atoms with van der Waals surface area (Å²) < 4.78 is 0. The monoisotopic (exact) mass is 249 g/mol. The van der Waals surface area contributed by atoms with Gasteiger partial charge in [0.05, 0.1) is 6.54 Å². The second-order valence-corrected chi connectivity index (χ2v) is 3.81. The number of amides is 2. The van der Waals surface area contributed by atoms with Crippen molar-refractivity contribution in [2.75, 3.05) is 25.0 Å². The Morgan fingerprint density at radius 2 is 1.94 bits per heavy atom. The Bertz CT molecular complexity index is 428. The van der Waals surface area contributed by atoms with Gasteiger partial charge in [-0.2, -0.15) is 0 Å². The minimum atomic E-state index is -0.276. The summed E-state index contributed by atoms with van der Waals surface area (Å²) in [6.45, 7) is 5.11. The standard InChI is InChI=1S/C13H19N3O2/c1-3-16(4-2)13(18)10-6-5-7-11(8-10)15-12(17)9-14/h5-8H,3-4,9,14H2,1-2H3,(H,15,17). The molecule has 0 aromatic heterocycles. The quantitative estimate of drug-likeness (QED) is 0.819. The van der Waals surface area contributed by atoms with Gasteiger partial charge in [0.1, 0.15) is 0 Å². The van der Waals surface area contributed by atoms with Crippen molar-refractivity contribution >= 4 is 17.5 Å². The summed E-state index contributed by atoms with van der Waals surface area (Å²) in [4.78, 5) is 25.0. The average Bonchev–Trinajstić information content (AvgIpc) is 2.40. The first-order valence-corrected chi connectivity index (χ1v) is 6.01. The molecule has 0 aliphatic heterocycles. The summed E-state index contributed by atoms with van der Waals surface area (Å²) in [7, 11) is 0. The molecule has 0 aliphatic carbocycles. The van der Waals surface area contributed by atoms with Crippen LogP contribution in [0.3, 0.4) is 0 Å². The molecule has 0 atom stereocenters. The molecular formula is C13H19N3O2. The number of carbonyl (C=O) groups excluding carboxylic acids is 2. The highest BCUT2D eigenvalue weighted by Crippen LogP contribution is 2.12. The highest BCUT2D eigenvalue weighted by atomic mass is 16.2. The molecule has 0 fully saturated rings. The van der Waals surface area contributed by atoms with Gasteiger partial charge in [0, 0.05) is 24.3 Å². The van der Waals surface area contributed by atoms with Gasteiger partial charge < -0.3 is 16.0 Å². The predicted octanol–water partition coefficient (Wildman–Crippen LogP) is 1.07. The first kappa shape index (κ1) is 14.2. The highest BCUT2D eigenvalue weighted by Gasteiger charge is 2.12. The minimum Gasteiger partial charge on any atom is -0.339 e. The summed E-state index contributed by atoms with van der Waals surface area (Å²) in [6, 6.07) is 6.86. The fraction of sp³-hybridized carbons (Fsp3) is 0.385. The van der Waals surface area contributed by atoms with Crippen LogP contribution in [0, 0.1) is 0 Å². The Kier molecular flexibility index (Phi) is 5.32. The highest BCUT2D eigenvalue weighted by molar-refractivity contribution is 5.97. The Morgan fingerprint density at radius 1 is 1.28 bits per heavy atom. The molecule has 0 heterocycles. The molecule has 3 N–H and O–H groups in total. The molecule has 1 rings (SSSR count). The van der Waals surface area contributed by atoms with E-state index in [1.54, 1.807) is 29.2 Å². The van der Waals surface area contributed by atoms with Crippen molar-refractivity contribution in [2.24, 2.45) is 5.73 Å². The van der Waals surface area contributed by atoms with Crippen LogP contribution in [0.4, 0.5) is 5.69 Å².